The summed E-state index contributed by atoms with van der Waals surface area (Å²) in [5.74, 6) is -0.128. The number of fused-ring (bicyclic) bond motifs is 1. The SMILES string of the molecule is CSc1ccc(C(=O)Nc2nc3ccccc3s2)cc1. The van der Waals surface area contributed by atoms with E-state index in [0.717, 1.165) is 15.1 Å². The van der Waals surface area contributed by atoms with E-state index in [4.69, 9.17) is 0 Å². The lowest BCUT2D eigenvalue weighted by molar-refractivity contribution is 0.102. The van der Waals surface area contributed by atoms with Crippen LogP contribution in [0.5, 0.6) is 0 Å². The molecular formula is C15H12N2OS2. The normalized spacial score (nSPS) is 10.7. The largest absolute Gasteiger partial charge is 0.298 e. The second-order valence-electron chi connectivity index (χ2n) is 4.17. The number of benzene rings is 2. The highest BCUT2D eigenvalue weighted by Gasteiger charge is 2.09. The van der Waals surface area contributed by atoms with Crippen LogP contribution >= 0.6 is 23.1 Å². The van der Waals surface area contributed by atoms with E-state index in [1.165, 1.54) is 11.3 Å². The Morgan fingerprint density at radius 2 is 1.90 bits per heavy atom. The zero-order chi connectivity index (χ0) is 13.9. The van der Waals surface area contributed by atoms with Crippen LogP contribution in [0.4, 0.5) is 5.13 Å². The standard InChI is InChI=1S/C15H12N2OS2/c1-19-11-8-6-10(7-9-11)14(18)17-15-16-12-4-2-3-5-13(12)20-15/h2-9H,1H3,(H,16,17,18). The number of aromatic nitrogens is 1. The maximum atomic E-state index is 12.1. The Morgan fingerprint density at radius 1 is 1.15 bits per heavy atom. The molecule has 3 aromatic rings. The molecule has 0 aliphatic carbocycles. The summed E-state index contributed by atoms with van der Waals surface area (Å²) in [5.41, 5.74) is 1.55. The van der Waals surface area contributed by atoms with E-state index >= 15 is 0 Å². The predicted molar refractivity (Wildman–Crippen MR) is 85.8 cm³/mol. The summed E-state index contributed by atoms with van der Waals surface area (Å²) in [6.45, 7) is 0. The number of rotatable bonds is 3. The summed E-state index contributed by atoms with van der Waals surface area (Å²) >= 11 is 3.13. The van der Waals surface area contributed by atoms with Crippen molar-refractivity contribution in [2.24, 2.45) is 0 Å². The number of para-hydroxylation sites is 1. The molecule has 3 nitrogen and oxygen atoms in total. The van der Waals surface area contributed by atoms with Gasteiger partial charge in [-0.3, -0.25) is 10.1 Å². The van der Waals surface area contributed by atoms with Crippen LogP contribution in [0.1, 0.15) is 10.4 Å². The second kappa shape index (κ2) is 5.64. The molecule has 0 atom stereocenters. The van der Waals surface area contributed by atoms with Gasteiger partial charge in [-0.1, -0.05) is 23.5 Å². The lowest BCUT2D eigenvalue weighted by Gasteiger charge is -2.02. The van der Waals surface area contributed by atoms with Crippen molar-refractivity contribution in [3.8, 4) is 0 Å². The van der Waals surface area contributed by atoms with Crippen molar-refractivity contribution in [1.82, 2.24) is 4.98 Å². The summed E-state index contributed by atoms with van der Waals surface area (Å²) in [6.07, 6.45) is 2.01. The van der Waals surface area contributed by atoms with Crippen LogP contribution in [0.2, 0.25) is 0 Å². The molecular weight excluding hydrogens is 288 g/mol. The molecule has 1 aromatic heterocycles. The van der Waals surface area contributed by atoms with Crippen molar-refractivity contribution in [1.29, 1.82) is 0 Å². The fourth-order valence-corrected chi connectivity index (χ4v) is 3.11. The van der Waals surface area contributed by atoms with E-state index in [2.05, 4.69) is 10.3 Å². The second-order valence-corrected chi connectivity index (χ2v) is 6.08. The molecule has 0 radical (unpaired) electrons. The van der Waals surface area contributed by atoms with Crippen molar-refractivity contribution < 1.29 is 4.79 Å². The Kier molecular flexibility index (Phi) is 3.71. The summed E-state index contributed by atoms with van der Waals surface area (Å²) in [6, 6.07) is 15.4. The van der Waals surface area contributed by atoms with E-state index < -0.39 is 0 Å². The summed E-state index contributed by atoms with van der Waals surface area (Å²) in [7, 11) is 0. The van der Waals surface area contributed by atoms with E-state index in [1.54, 1.807) is 11.8 Å². The number of thioether (sulfide) groups is 1. The first-order chi connectivity index (χ1) is 9.76. The number of hydrogen-bond donors (Lipinski definition) is 1. The highest BCUT2D eigenvalue weighted by atomic mass is 32.2. The average molecular weight is 300 g/mol. The van der Waals surface area contributed by atoms with Gasteiger partial charge in [-0.05, 0) is 42.7 Å². The lowest BCUT2D eigenvalue weighted by Crippen LogP contribution is -2.11. The quantitative estimate of drug-likeness (QED) is 0.734. The smallest absolute Gasteiger partial charge is 0.257 e. The van der Waals surface area contributed by atoms with Crippen LogP contribution in [-0.2, 0) is 0 Å². The van der Waals surface area contributed by atoms with E-state index in [9.17, 15) is 4.79 Å². The summed E-state index contributed by atoms with van der Waals surface area (Å²) in [4.78, 5) is 17.7. The first-order valence-corrected chi connectivity index (χ1v) is 8.11. The van der Waals surface area contributed by atoms with Gasteiger partial charge in [0.15, 0.2) is 5.13 Å². The Bertz CT molecular complexity index is 717. The van der Waals surface area contributed by atoms with Crippen molar-refractivity contribution in [2.75, 3.05) is 11.6 Å². The van der Waals surface area contributed by atoms with Gasteiger partial charge in [0.05, 0.1) is 10.2 Å². The number of anilines is 1. The van der Waals surface area contributed by atoms with E-state index in [1.807, 2.05) is 54.8 Å². The molecule has 0 fully saturated rings. The van der Waals surface area contributed by atoms with Crippen molar-refractivity contribution in [3.05, 3.63) is 54.1 Å². The molecule has 1 N–H and O–H groups in total. The fraction of sp³-hybridized carbons (Fsp3) is 0.0667. The molecule has 5 heteroatoms. The van der Waals surface area contributed by atoms with Gasteiger partial charge < -0.3 is 0 Å². The maximum Gasteiger partial charge on any atom is 0.257 e. The summed E-state index contributed by atoms with van der Waals surface area (Å²) < 4.78 is 1.07. The molecule has 1 heterocycles. The highest BCUT2D eigenvalue weighted by molar-refractivity contribution is 7.98. The number of carbonyl (C=O) groups excluding carboxylic acids is 1. The molecule has 0 bridgehead atoms. The molecule has 0 unspecified atom stereocenters. The predicted octanol–water partition coefficient (Wildman–Crippen LogP) is 4.27. The van der Waals surface area contributed by atoms with Gasteiger partial charge in [-0.25, -0.2) is 4.98 Å². The molecule has 2 aromatic carbocycles. The van der Waals surface area contributed by atoms with E-state index in [0.29, 0.717) is 10.7 Å². The van der Waals surface area contributed by atoms with Crippen molar-refractivity contribution in [3.63, 3.8) is 0 Å². The highest BCUT2D eigenvalue weighted by Crippen LogP contribution is 2.25. The zero-order valence-corrected chi connectivity index (χ0v) is 12.4. The Balaban J connectivity index is 1.80. The minimum atomic E-state index is -0.128. The van der Waals surface area contributed by atoms with Gasteiger partial charge in [0.25, 0.3) is 5.91 Å². The van der Waals surface area contributed by atoms with Crippen molar-refractivity contribution in [2.45, 2.75) is 4.90 Å². The molecule has 0 saturated carbocycles. The maximum absolute atomic E-state index is 12.1. The number of carbonyl (C=O) groups is 1. The van der Waals surface area contributed by atoms with Crippen LogP contribution < -0.4 is 5.32 Å². The third-order valence-electron chi connectivity index (χ3n) is 2.87. The number of nitrogens with one attached hydrogen (secondary N) is 1. The fourth-order valence-electron chi connectivity index (χ4n) is 1.84. The minimum Gasteiger partial charge on any atom is -0.298 e. The molecule has 3 rings (SSSR count). The van der Waals surface area contributed by atoms with Gasteiger partial charge in [-0.2, -0.15) is 0 Å². The third-order valence-corrected chi connectivity index (χ3v) is 4.56. The van der Waals surface area contributed by atoms with Crippen LogP contribution in [-0.4, -0.2) is 17.1 Å². The molecule has 0 spiro atoms. The molecule has 100 valence electrons. The minimum absolute atomic E-state index is 0.128. The zero-order valence-electron chi connectivity index (χ0n) is 10.8. The topological polar surface area (TPSA) is 42.0 Å². The Hall–Kier alpha value is -1.85. The first kappa shape index (κ1) is 13.1. The van der Waals surface area contributed by atoms with Gasteiger partial charge >= 0.3 is 0 Å². The number of hydrogen-bond acceptors (Lipinski definition) is 4. The number of amides is 1. The molecule has 0 saturated heterocycles. The van der Waals surface area contributed by atoms with Crippen LogP contribution in [0.25, 0.3) is 10.2 Å². The van der Waals surface area contributed by atoms with Crippen LogP contribution in [0.3, 0.4) is 0 Å². The van der Waals surface area contributed by atoms with Gasteiger partial charge in [0.1, 0.15) is 0 Å². The summed E-state index contributed by atoms with van der Waals surface area (Å²) in [5, 5.41) is 3.48. The van der Waals surface area contributed by atoms with Crippen LogP contribution in [0, 0.1) is 0 Å². The van der Waals surface area contributed by atoms with Gasteiger partial charge in [0, 0.05) is 10.5 Å². The van der Waals surface area contributed by atoms with Gasteiger partial charge in [-0.15, -0.1) is 11.8 Å². The Morgan fingerprint density at radius 3 is 2.60 bits per heavy atom. The molecule has 20 heavy (non-hydrogen) atoms. The molecule has 1 amide bonds. The number of thiazole rings is 1. The average Bonchev–Trinajstić information content (AvgIpc) is 2.89. The van der Waals surface area contributed by atoms with Crippen molar-refractivity contribution >= 4 is 44.4 Å². The van der Waals surface area contributed by atoms with Crippen LogP contribution in [0.15, 0.2) is 53.4 Å². The Labute approximate surface area is 125 Å². The van der Waals surface area contributed by atoms with E-state index in [-0.39, 0.29) is 5.91 Å². The molecule has 0 aliphatic rings. The monoisotopic (exact) mass is 300 g/mol. The number of nitrogens with zero attached hydrogens (tertiary/aromatic N) is 1. The first-order valence-electron chi connectivity index (χ1n) is 6.07. The lowest BCUT2D eigenvalue weighted by atomic mass is 10.2. The third kappa shape index (κ3) is 2.69. The van der Waals surface area contributed by atoms with Gasteiger partial charge in [0.2, 0.25) is 0 Å². The molecule has 0 aliphatic heterocycles.